The van der Waals surface area contributed by atoms with Gasteiger partial charge in [0.1, 0.15) is 11.6 Å². The van der Waals surface area contributed by atoms with Crippen molar-refractivity contribution in [1.29, 1.82) is 0 Å². The smallest absolute Gasteiger partial charge is 0.244 e. The molecule has 29 heavy (non-hydrogen) atoms. The first-order valence-corrected chi connectivity index (χ1v) is 9.47. The Kier molecular flexibility index (Phi) is 5.62. The molecule has 1 aliphatic rings. The Morgan fingerprint density at radius 3 is 2.76 bits per heavy atom. The molecule has 150 valence electrons. The number of benzene rings is 2. The van der Waals surface area contributed by atoms with E-state index in [0.29, 0.717) is 23.0 Å². The molecule has 1 fully saturated rings. The van der Waals surface area contributed by atoms with Crippen LogP contribution >= 0.6 is 0 Å². The average molecular weight is 398 g/mol. The topological polar surface area (TPSA) is 71.3 Å². The Hall–Kier alpha value is -3.13. The van der Waals surface area contributed by atoms with Crippen LogP contribution in [0.5, 0.6) is 0 Å². The van der Waals surface area contributed by atoms with Crippen molar-refractivity contribution >= 4 is 11.6 Å². The number of carbonyl (C=O) groups is 1. The van der Waals surface area contributed by atoms with E-state index >= 15 is 0 Å². The van der Waals surface area contributed by atoms with E-state index in [9.17, 15) is 13.6 Å². The zero-order valence-electron chi connectivity index (χ0n) is 15.6. The van der Waals surface area contributed by atoms with Crippen molar-refractivity contribution < 1.29 is 18.1 Å². The Bertz CT molecular complexity index is 990. The normalized spacial score (nSPS) is 17.2. The maximum absolute atomic E-state index is 13.5. The van der Waals surface area contributed by atoms with Crippen molar-refractivity contribution in [2.75, 3.05) is 18.4 Å². The third-order valence-corrected chi connectivity index (χ3v) is 4.90. The molecule has 2 heterocycles. The van der Waals surface area contributed by atoms with E-state index < -0.39 is 0 Å². The van der Waals surface area contributed by atoms with E-state index in [1.807, 2.05) is 4.90 Å². The third-order valence-electron chi connectivity index (χ3n) is 4.90. The SMILES string of the molecule is O=C(CN1CCCC[C@@H]1c1nc(-c2cccc(F)c2)no1)Nc1ccc(F)cc1. The summed E-state index contributed by atoms with van der Waals surface area (Å²) in [5.41, 5.74) is 1.08. The van der Waals surface area contributed by atoms with Gasteiger partial charge in [-0.25, -0.2) is 8.78 Å². The second-order valence-corrected chi connectivity index (χ2v) is 7.00. The number of piperidine rings is 1. The summed E-state index contributed by atoms with van der Waals surface area (Å²) in [6.07, 6.45) is 2.73. The monoisotopic (exact) mass is 398 g/mol. The van der Waals surface area contributed by atoms with Crippen LogP contribution in [0.1, 0.15) is 31.2 Å². The summed E-state index contributed by atoms with van der Waals surface area (Å²) < 4.78 is 31.9. The summed E-state index contributed by atoms with van der Waals surface area (Å²) in [6.45, 7) is 0.874. The van der Waals surface area contributed by atoms with Crippen molar-refractivity contribution in [3.05, 3.63) is 66.1 Å². The lowest BCUT2D eigenvalue weighted by Crippen LogP contribution is -2.39. The van der Waals surface area contributed by atoms with Crippen LogP contribution in [0.4, 0.5) is 14.5 Å². The Morgan fingerprint density at radius 2 is 1.97 bits per heavy atom. The highest BCUT2D eigenvalue weighted by Gasteiger charge is 2.30. The molecule has 0 aliphatic carbocycles. The molecule has 0 radical (unpaired) electrons. The van der Waals surface area contributed by atoms with E-state index in [1.54, 1.807) is 12.1 Å². The molecule has 0 spiro atoms. The molecule has 8 heteroatoms. The van der Waals surface area contributed by atoms with Crippen LogP contribution in [0.15, 0.2) is 53.1 Å². The van der Waals surface area contributed by atoms with Crippen LogP contribution in [-0.4, -0.2) is 34.0 Å². The summed E-state index contributed by atoms with van der Waals surface area (Å²) in [5.74, 6) is -0.192. The maximum atomic E-state index is 13.5. The minimum atomic E-state index is -0.370. The molecule has 2 aromatic carbocycles. The summed E-state index contributed by atoms with van der Waals surface area (Å²) >= 11 is 0. The number of likely N-dealkylation sites (tertiary alicyclic amines) is 1. The molecular formula is C21H20F2N4O2. The zero-order valence-corrected chi connectivity index (χ0v) is 15.6. The molecule has 1 aliphatic heterocycles. The van der Waals surface area contributed by atoms with Crippen molar-refractivity contribution in [3.8, 4) is 11.4 Å². The van der Waals surface area contributed by atoms with Crippen molar-refractivity contribution in [1.82, 2.24) is 15.0 Å². The number of carbonyl (C=O) groups excluding carboxylic acids is 1. The first-order chi connectivity index (χ1) is 14.1. The fourth-order valence-corrected chi connectivity index (χ4v) is 3.49. The Balaban J connectivity index is 1.46. The highest BCUT2D eigenvalue weighted by molar-refractivity contribution is 5.92. The van der Waals surface area contributed by atoms with Gasteiger partial charge in [0, 0.05) is 11.3 Å². The van der Waals surface area contributed by atoms with Crippen molar-refractivity contribution in [2.45, 2.75) is 25.3 Å². The van der Waals surface area contributed by atoms with Gasteiger partial charge in [-0.1, -0.05) is 23.7 Å². The minimum Gasteiger partial charge on any atom is -0.337 e. The van der Waals surface area contributed by atoms with E-state index in [1.165, 1.54) is 36.4 Å². The number of hydrogen-bond acceptors (Lipinski definition) is 5. The van der Waals surface area contributed by atoms with Crippen LogP contribution in [0.2, 0.25) is 0 Å². The molecule has 3 aromatic rings. The molecule has 0 bridgehead atoms. The number of hydrogen-bond donors (Lipinski definition) is 1. The molecule has 0 unspecified atom stereocenters. The molecule has 1 atom stereocenters. The summed E-state index contributed by atoms with van der Waals surface area (Å²) in [7, 11) is 0. The zero-order chi connectivity index (χ0) is 20.2. The number of anilines is 1. The lowest BCUT2D eigenvalue weighted by atomic mass is 10.0. The van der Waals surface area contributed by atoms with Gasteiger partial charge in [-0.2, -0.15) is 4.98 Å². The van der Waals surface area contributed by atoms with Crippen LogP contribution in [0.25, 0.3) is 11.4 Å². The third kappa shape index (κ3) is 4.65. The van der Waals surface area contributed by atoms with Crippen LogP contribution < -0.4 is 5.32 Å². The Morgan fingerprint density at radius 1 is 1.14 bits per heavy atom. The molecule has 1 N–H and O–H groups in total. The highest BCUT2D eigenvalue weighted by atomic mass is 19.1. The standard InChI is InChI=1S/C21H20F2N4O2/c22-15-7-9-17(10-8-15)24-19(28)13-27-11-2-1-6-18(27)21-25-20(26-29-21)14-4-3-5-16(23)12-14/h3-5,7-10,12,18H,1-2,6,11,13H2,(H,24,28)/t18-/m1/s1. The Labute approximate surface area is 166 Å². The predicted octanol–water partition coefficient (Wildman–Crippen LogP) is 4.18. The van der Waals surface area contributed by atoms with Crippen LogP contribution in [0.3, 0.4) is 0 Å². The molecule has 1 saturated heterocycles. The molecule has 4 rings (SSSR count). The number of halogens is 2. The second kappa shape index (κ2) is 8.48. The summed E-state index contributed by atoms with van der Waals surface area (Å²) in [4.78, 5) is 18.9. The van der Waals surface area contributed by atoms with Gasteiger partial charge in [0.05, 0.1) is 12.6 Å². The van der Waals surface area contributed by atoms with Crippen molar-refractivity contribution in [2.24, 2.45) is 0 Å². The van der Waals surface area contributed by atoms with E-state index in [4.69, 9.17) is 4.52 Å². The predicted molar refractivity (Wildman–Crippen MR) is 103 cm³/mol. The van der Waals surface area contributed by atoms with Gasteiger partial charge in [0.2, 0.25) is 17.6 Å². The maximum Gasteiger partial charge on any atom is 0.244 e. The van der Waals surface area contributed by atoms with Gasteiger partial charge in [-0.15, -0.1) is 0 Å². The highest BCUT2D eigenvalue weighted by Crippen LogP contribution is 2.31. The number of nitrogens with one attached hydrogen (secondary N) is 1. The van der Waals surface area contributed by atoms with Gasteiger partial charge in [-0.3, -0.25) is 9.69 Å². The average Bonchev–Trinajstić information content (AvgIpc) is 3.20. The number of aromatic nitrogens is 2. The van der Waals surface area contributed by atoms with Crippen LogP contribution in [0, 0.1) is 11.6 Å². The summed E-state index contributed by atoms with van der Waals surface area (Å²) in [5, 5.41) is 6.75. The second-order valence-electron chi connectivity index (χ2n) is 7.00. The molecule has 0 saturated carbocycles. The fourth-order valence-electron chi connectivity index (χ4n) is 3.49. The molecule has 1 aromatic heterocycles. The molecular weight excluding hydrogens is 378 g/mol. The van der Waals surface area contributed by atoms with E-state index in [0.717, 1.165) is 25.8 Å². The van der Waals surface area contributed by atoms with Gasteiger partial charge in [0.25, 0.3) is 0 Å². The number of rotatable bonds is 5. The first kappa shape index (κ1) is 19.2. The number of amides is 1. The minimum absolute atomic E-state index is 0.153. The fraction of sp³-hybridized carbons (Fsp3) is 0.286. The van der Waals surface area contributed by atoms with Gasteiger partial charge in [0.15, 0.2) is 0 Å². The van der Waals surface area contributed by atoms with Gasteiger partial charge < -0.3 is 9.84 Å². The molecule has 1 amide bonds. The van der Waals surface area contributed by atoms with Crippen LogP contribution in [-0.2, 0) is 4.79 Å². The lowest BCUT2D eigenvalue weighted by molar-refractivity contribution is -0.118. The van der Waals surface area contributed by atoms with Gasteiger partial charge >= 0.3 is 0 Å². The van der Waals surface area contributed by atoms with E-state index in [-0.39, 0.29) is 30.1 Å². The quantitative estimate of drug-likeness (QED) is 0.698. The largest absolute Gasteiger partial charge is 0.337 e. The van der Waals surface area contributed by atoms with Gasteiger partial charge in [-0.05, 0) is 55.8 Å². The first-order valence-electron chi connectivity index (χ1n) is 9.47. The number of nitrogens with zero attached hydrogens (tertiary/aromatic N) is 3. The molecule has 6 nitrogen and oxygen atoms in total. The van der Waals surface area contributed by atoms with E-state index in [2.05, 4.69) is 15.5 Å². The van der Waals surface area contributed by atoms with Crippen molar-refractivity contribution in [3.63, 3.8) is 0 Å². The summed E-state index contributed by atoms with van der Waals surface area (Å²) in [6, 6.07) is 11.5. The lowest BCUT2D eigenvalue weighted by Gasteiger charge is -2.32.